The second-order valence-electron chi connectivity index (χ2n) is 16.2. The zero-order valence-electron chi connectivity index (χ0n) is 32.5. The van der Waals surface area contributed by atoms with E-state index in [1.165, 1.54) is 6.42 Å². The molecule has 55 heavy (non-hydrogen) atoms. The number of fused-ring (bicyclic) bond motifs is 2. The standard InChI is InChI=1S/C41H54N10O4/c1-28-12-7-9-21-49(28)40-46-45-36-19-16-30(27-50(36)40)55-34-18-17-33(31-13-5-6-14-32(31)34)43-39(52)44-37-24-35(41(2,3)4)47-51(37)29-25-42-48(26-29)20-11-23-54-38-15-8-10-22-53-38/h5-6,13-14,16,19,24-28,33-34,38H,7-12,15,17-18,20-23H2,1-4H3,(H2,43,44,52)/t28-,33-,34+,38?/m0/s1. The number of hydrogen-bond acceptors (Lipinski definition) is 9. The number of hydrogen-bond donors (Lipinski definition) is 2. The highest BCUT2D eigenvalue weighted by Crippen LogP contribution is 2.39. The van der Waals surface area contributed by atoms with E-state index in [0.29, 0.717) is 25.0 Å². The van der Waals surface area contributed by atoms with Gasteiger partial charge in [-0.25, -0.2) is 9.48 Å². The highest BCUT2D eigenvalue weighted by molar-refractivity contribution is 5.89. The molecule has 2 saturated heterocycles. The topological polar surface area (TPSA) is 138 Å². The lowest BCUT2D eigenvalue weighted by Crippen LogP contribution is -2.38. The first-order valence-electron chi connectivity index (χ1n) is 20.0. The van der Waals surface area contributed by atoms with E-state index in [4.69, 9.17) is 19.3 Å². The summed E-state index contributed by atoms with van der Waals surface area (Å²) in [6, 6.07) is 14.0. The molecule has 6 heterocycles. The molecule has 2 fully saturated rings. The third kappa shape index (κ3) is 8.35. The van der Waals surface area contributed by atoms with Crippen molar-refractivity contribution in [3.63, 3.8) is 0 Å². The maximum absolute atomic E-state index is 13.7. The summed E-state index contributed by atoms with van der Waals surface area (Å²) < 4.78 is 24.0. The lowest BCUT2D eigenvalue weighted by Gasteiger charge is -2.33. The molecule has 4 atom stereocenters. The lowest BCUT2D eigenvalue weighted by atomic mass is 9.85. The number of urea groups is 1. The number of piperidine rings is 1. The van der Waals surface area contributed by atoms with Crippen molar-refractivity contribution in [3.05, 3.63) is 77.9 Å². The van der Waals surface area contributed by atoms with Gasteiger partial charge in [-0.15, -0.1) is 10.2 Å². The van der Waals surface area contributed by atoms with Crippen LogP contribution in [0.4, 0.5) is 16.6 Å². The van der Waals surface area contributed by atoms with E-state index in [1.54, 1.807) is 10.9 Å². The van der Waals surface area contributed by atoms with Crippen molar-refractivity contribution in [2.45, 2.75) is 122 Å². The van der Waals surface area contributed by atoms with Crippen molar-refractivity contribution < 1.29 is 19.0 Å². The number of carbonyl (C=O) groups excluding carboxylic acids is 1. The lowest BCUT2D eigenvalue weighted by molar-refractivity contribution is -0.163. The number of rotatable bonds is 11. The first-order valence-corrected chi connectivity index (χ1v) is 20.0. The third-order valence-electron chi connectivity index (χ3n) is 11.0. The van der Waals surface area contributed by atoms with Gasteiger partial charge >= 0.3 is 6.03 Å². The number of nitrogens with zero attached hydrogens (tertiary/aromatic N) is 8. The van der Waals surface area contributed by atoms with E-state index in [1.807, 2.05) is 51.8 Å². The Balaban J connectivity index is 0.935. The second-order valence-corrected chi connectivity index (χ2v) is 16.2. The molecular formula is C41H54N10O4. The molecule has 5 aromatic rings. The molecule has 292 valence electrons. The Morgan fingerprint density at radius 1 is 0.982 bits per heavy atom. The summed E-state index contributed by atoms with van der Waals surface area (Å²) >= 11 is 0. The predicted octanol–water partition coefficient (Wildman–Crippen LogP) is 7.50. The van der Waals surface area contributed by atoms with Crippen molar-refractivity contribution in [1.29, 1.82) is 0 Å². The van der Waals surface area contributed by atoms with E-state index in [-0.39, 0.29) is 29.9 Å². The highest BCUT2D eigenvalue weighted by Gasteiger charge is 2.31. The summed E-state index contributed by atoms with van der Waals surface area (Å²) in [5.74, 6) is 2.20. The molecule has 0 bridgehead atoms. The Bertz CT molecular complexity index is 2080. The number of carbonyl (C=O) groups is 1. The van der Waals surface area contributed by atoms with E-state index in [9.17, 15) is 4.79 Å². The van der Waals surface area contributed by atoms with Gasteiger partial charge in [-0.05, 0) is 88.0 Å². The number of aromatic nitrogens is 7. The molecule has 1 unspecified atom stereocenters. The van der Waals surface area contributed by atoms with Crippen molar-refractivity contribution in [1.82, 2.24) is 39.5 Å². The molecule has 8 rings (SSSR count). The largest absolute Gasteiger partial charge is 0.484 e. The molecule has 4 aromatic heterocycles. The number of anilines is 2. The average molecular weight is 751 g/mol. The fourth-order valence-electron chi connectivity index (χ4n) is 7.92. The van der Waals surface area contributed by atoms with Crippen LogP contribution in [0.25, 0.3) is 11.3 Å². The molecule has 1 aliphatic carbocycles. The number of aryl methyl sites for hydroxylation is 1. The smallest absolute Gasteiger partial charge is 0.320 e. The van der Waals surface area contributed by atoms with Gasteiger partial charge in [-0.1, -0.05) is 45.0 Å². The van der Waals surface area contributed by atoms with Gasteiger partial charge in [0, 0.05) is 37.2 Å². The Hall–Kier alpha value is -4.95. The van der Waals surface area contributed by atoms with Crippen LogP contribution in [-0.2, 0) is 21.4 Å². The zero-order chi connectivity index (χ0) is 37.9. The number of pyridine rings is 1. The van der Waals surface area contributed by atoms with Crippen molar-refractivity contribution in [2.24, 2.45) is 0 Å². The number of amides is 2. The van der Waals surface area contributed by atoms with Crippen LogP contribution in [0.3, 0.4) is 0 Å². The maximum atomic E-state index is 13.7. The third-order valence-corrected chi connectivity index (χ3v) is 11.0. The van der Waals surface area contributed by atoms with E-state index in [0.717, 1.165) is 104 Å². The first-order chi connectivity index (χ1) is 26.7. The van der Waals surface area contributed by atoms with E-state index in [2.05, 4.69) is 70.7 Å². The fourth-order valence-corrected chi connectivity index (χ4v) is 7.92. The summed E-state index contributed by atoms with van der Waals surface area (Å²) in [5, 5.41) is 24.8. The second kappa shape index (κ2) is 16.0. The Labute approximate surface area is 322 Å². The number of benzene rings is 1. The minimum absolute atomic E-state index is 0.0951. The van der Waals surface area contributed by atoms with Crippen LogP contribution in [-0.4, -0.2) is 72.3 Å². The summed E-state index contributed by atoms with van der Waals surface area (Å²) in [6.07, 6.45) is 14.5. The Kier molecular flexibility index (Phi) is 10.8. The van der Waals surface area contributed by atoms with Crippen molar-refractivity contribution in [2.75, 3.05) is 30.0 Å². The molecule has 0 spiro atoms. The minimum Gasteiger partial charge on any atom is -0.484 e. The molecule has 2 aliphatic heterocycles. The average Bonchev–Trinajstić information content (AvgIpc) is 3.94. The van der Waals surface area contributed by atoms with Gasteiger partial charge in [0.15, 0.2) is 11.9 Å². The molecule has 14 heteroatoms. The van der Waals surface area contributed by atoms with Gasteiger partial charge in [-0.2, -0.15) is 10.2 Å². The van der Waals surface area contributed by atoms with Gasteiger partial charge < -0.3 is 24.4 Å². The number of nitrogens with one attached hydrogen (secondary N) is 2. The molecule has 3 aliphatic rings. The van der Waals surface area contributed by atoms with Crippen LogP contribution in [0.15, 0.2) is 61.1 Å². The van der Waals surface area contributed by atoms with Gasteiger partial charge in [0.05, 0.1) is 36.9 Å². The minimum atomic E-state index is -0.298. The van der Waals surface area contributed by atoms with Crippen LogP contribution in [0.5, 0.6) is 5.75 Å². The van der Waals surface area contributed by atoms with Crippen LogP contribution < -0.4 is 20.3 Å². The van der Waals surface area contributed by atoms with Crippen LogP contribution in [0.2, 0.25) is 0 Å². The fraction of sp³-hybridized carbons (Fsp3) is 0.537. The van der Waals surface area contributed by atoms with Crippen molar-refractivity contribution in [3.8, 4) is 11.4 Å². The van der Waals surface area contributed by atoms with Gasteiger partial charge in [0.25, 0.3) is 0 Å². The maximum Gasteiger partial charge on any atom is 0.320 e. The van der Waals surface area contributed by atoms with E-state index >= 15 is 0 Å². The Morgan fingerprint density at radius 3 is 2.65 bits per heavy atom. The highest BCUT2D eigenvalue weighted by atomic mass is 16.7. The molecule has 14 nitrogen and oxygen atoms in total. The molecule has 1 aromatic carbocycles. The number of ether oxygens (including phenoxy) is 3. The first kappa shape index (κ1) is 37.0. The van der Waals surface area contributed by atoms with Gasteiger partial charge in [0.2, 0.25) is 5.95 Å². The quantitative estimate of drug-likeness (QED) is 0.132. The van der Waals surface area contributed by atoms with Crippen LogP contribution >= 0.6 is 0 Å². The molecule has 2 N–H and O–H groups in total. The zero-order valence-corrected chi connectivity index (χ0v) is 32.5. The SMILES string of the molecule is C[C@H]1CCCCN1c1nnc2ccc(O[C@@H]3CC[C@H](NC(=O)Nc4cc(C(C)(C)C)nn4-c4cnn(CCCOC5CCCCO5)c4)c4ccccc43)cn12. The van der Waals surface area contributed by atoms with Gasteiger partial charge in [0.1, 0.15) is 23.4 Å². The molecule has 0 saturated carbocycles. The monoisotopic (exact) mass is 750 g/mol. The summed E-state index contributed by atoms with van der Waals surface area (Å²) in [6.45, 7) is 11.6. The van der Waals surface area contributed by atoms with E-state index < -0.39 is 0 Å². The summed E-state index contributed by atoms with van der Waals surface area (Å²) in [7, 11) is 0. The van der Waals surface area contributed by atoms with Gasteiger partial charge in [-0.3, -0.25) is 14.4 Å². The van der Waals surface area contributed by atoms with Crippen molar-refractivity contribution >= 4 is 23.4 Å². The molecular weight excluding hydrogens is 697 g/mol. The predicted molar refractivity (Wildman–Crippen MR) is 210 cm³/mol. The molecule has 0 radical (unpaired) electrons. The summed E-state index contributed by atoms with van der Waals surface area (Å²) in [5.41, 5.74) is 4.32. The molecule has 2 amide bonds. The van der Waals surface area contributed by atoms with Crippen LogP contribution in [0, 0.1) is 0 Å². The van der Waals surface area contributed by atoms with Crippen LogP contribution in [0.1, 0.15) is 114 Å². The Morgan fingerprint density at radius 2 is 1.84 bits per heavy atom. The normalized spacial score (nSPS) is 21.7. The summed E-state index contributed by atoms with van der Waals surface area (Å²) in [4.78, 5) is 16.1.